The number of H-pyrrole nitrogens is 1. The molecule has 0 radical (unpaired) electrons. The van der Waals surface area contributed by atoms with Gasteiger partial charge in [-0.15, -0.1) is 0 Å². The van der Waals surface area contributed by atoms with Crippen molar-refractivity contribution in [2.45, 2.75) is 25.2 Å². The summed E-state index contributed by atoms with van der Waals surface area (Å²) < 4.78 is 14.3. The van der Waals surface area contributed by atoms with Crippen molar-refractivity contribution >= 4 is 28.5 Å². The molecule has 1 aliphatic heterocycles. The average Bonchev–Trinajstić information content (AvgIpc) is 3.07. The molecule has 0 bridgehead atoms. The van der Waals surface area contributed by atoms with Gasteiger partial charge in [-0.25, -0.2) is 19.3 Å². The van der Waals surface area contributed by atoms with Gasteiger partial charge in [-0.05, 0) is 18.9 Å². The molecular formula is C17H19ClFN7O. The molecule has 1 fully saturated rings. The van der Waals surface area contributed by atoms with Gasteiger partial charge < -0.3 is 15.4 Å². The first-order valence-corrected chi connectivity index (χ1v) is 8.99. The van der Waals surface area contributed by atoms with Gasteiger partial charge in [-0.3, -0.25) is 10.6 Å². The smallest absolute Gasteiger partial charge is 0.183 e. The van der Waals surface area contributed by atoms with Gasteiger partial charge in [0, 0.05) is 42.5 Å². The first-order chi connectivity index (χ1) is 13.0. The Balaban J connectivity index is 1.62. The van der Waals surface area contributed by atoms with Gasteiger partial charge in [0.25, 0.3) is 0 Å². The van der Waals surface area contributed by atoms with E-state index in [-0.39, 0.29) is 11.9 Å². The molecule has 0 aromatic carbocycles. The highest BCUT2D eigenvalue weighted by molar-refractivity contribution is 6.31. The molecule has 2 atom stereocenters. The molecule has 0 saturated carbocycles. The molecular weight excluding hydrogens is 373 g/mol. The van der Waals surface area contributed by atoms with E-state index in [1.807, 2.05) is 0 Å². The Kier molecular flexibility index (Phi) is 4.92. The second-order valence-electron chi connectivity index (χ2n) is 6.53. The Bertz CT molecular complexity index is 964. The number of nitrogens with two attached hydrogens (primary N) is 1. The number of aliphatic hydroxyl groups is 1. The second kappa shape index (κ2) is 7.35. The van der Waals surface area contributed by atoms with E-state index >= 15 is 0 Å². The number of nitrogens with one attached hydrogen (secondary N) is 2. The molecule has 10 heteroatoms. The molecule has 27 heavy (non-hydrogen) atoms. The Labute approximate surface area is 159 Å². The van der Waals surface area contributed by atoms with Crippen LogP contribution in [-0.2, 0) is 0 Å². The molecule has 142 valence electrons. The maximum Gasteiger partial charge on any atom is 0.183 e. The van der Waals surface area contributed by atoms with Crippen LogP contribution in [0.5, 0.6) is 0 Å². The number of pyridine rings is 1. The first-order valence-electron chi connectivity index (χ1n) is 8.61. The van der Waals surface area contributed by atoms with Crippen molar-refractivity contribution in [2.75, 3.05) is 18.4 Å². The zero-order valence-electron chi connectivity index (χ0n) is 14.4. The maximum absolute atomic E-state index is 14.3. The normalized spacial score (nSPS) is 19.3. The molecule has 4 rings (SSSR count). The Morgan fingerprint density at radius 2 is 2.26 bits per heavy atom. The number of halogens is 2. The molecule has 0 spiro atoms. The number of aromatic nitrogens is 4. The van der Waals surface area contributed by atoms with Crippen LogP contribution in [0.4, 0.5) is 10.2 Å². The van der Waals surface area contributed by atoms with E-state index in [4.69, 9.17) is 17.3 Å². The topological polar surface area (TPSA) is 116 Å². The van der Waals surface area contributed by atoms with Crippen LogP contribution in [0.1, 0.15) is 12.8 Å². The summed E-state index contributed by atoms with van der Waals surface area (Å²) in [4.78, 5) is 17.4. The average molecular weight is 392 g/mol. The minimum Gasteiger partial charge on any atom is -0.365 e. The molecule has 4 heterocycles. The lowest BCUT2D eigenvalue weighted by molar-refractivity contribution is -0.00549. The van der Waals surface area contributed by atoms with E-state index in [0.717, 1.165) is 24.4 Å². The summed E-state index contributed by atoms with van der Waals surface area (Å²) in [5, 5.41) is 13.9. The van der Waals surface area contributed by atoms with Gasteiger partial charge in [-0.1, -0.05) is 11.6 Å². The van der Waals surface area contributed by atoms with Crippen molar-refractivity contribution in [3.63, 3.8) is 0 Å². The number of anilines is 1. The standard InChI is InChI=1S/C17H19ClFN7O/c18-9-4-11-12(6-22-14(11)21-5-9)15-23-7-13(19)16(25-15)24-10-2-1-3-26(8-10)17(20)27/h4-7,10,17,27H,1-3,8,20H2,(H,21,22)(H,23,24,25)/t10-,17?/m0/s1. The summed E-state index contributed by atoms with van der Waals surface area (Å²) in [6.45, 7) is 1.21. The van der Waals surface area contributed by atoms with E-state index in [1.54, 1.807) is 23.4 Å². The van der Waals surface area contributed by atoms with Crippen molar-refractivity contribution in [2.24, 2.45) is 5.73 Å². The number of likely N-dealkylation sites (tertiary alicyclic amines) is 1. The number of aliphatic hydroxyl groups excluding tert-OH is 1. The van der Waals surface area contributed by atoms with Gasteiger partial charge in [0.1, 0.15) is 5.65 Å². The minimum atomic E-state index is -1.02. The number of fused-ring (bicyclic) bond motifs is 1. The van der Waals surface area contributed by atoms with Crippen molar-refractivity contribution < 1.29 is 9.50 Å². The van der Waals surface area contributed by atoms with Gasteiger partial charge >= 0.3 is 0 Å². The minimum absolute atomic E-state index is 0.0757. The molecule has 8 nitrogen and oxygen atoms in total. The third kappa shape index (κ3) is 3.72. The molecule has 1 saturated heterocycles. The van der Waals surface area contributed by atoms with Crippen LogP contribution in [0.2, 0.25) is 5.02 Å². The highest BCUT2D eigenvalue weighted by atomic mass is 35.5. The van der Waals surface area contributed by atoms with Crippen LogP contribution >= 0.6 is 11.6 Å². The highest BCUT2D eigenvalue weighted by Crippen LogP contribution is 2.28. The highest BCUT2D eigenvalue weighted by Gasteiger charge is 2.24. The predicted octanol–water partition coefficient (Wildman–Crippen LogP) is 1.92. The third-order valence-corrected chi connectivity index (χ3v) is 4.86. The second-order valence-corrected chi connectivity index (χ2v) is 6.97. The number of hydrogen-bond acceptors (Lipinski definition) is 7. The van der Waals surface area contributed by atoms with Crippen LogP contribution in [-0.4, -0.2) is 55.4 Å². The van der Waals surface area contributed by atoms with Crippen molar-refractivity contribution in [1.29, 1.82) is 0 Å². The van der Waals surface area contributed by atoms with Gasteiger partial charge in [0.15, 0.2) is 23.8 Å². The SMILES string of the molecule is NC(O)N1CCC[C@H](Nc2nc(-c3c[nH]c4ncc(Cl)cc34)ncc2F)C1. The molecule has 3 aromatic rings. The first kappa shape index (κ1) is 18.1. The van der Waals surface area contributed by atoms with Gasteiger partial charge in [0.05, 0.1) is 11.2 Å². The molecule has 0 aliphatic carbocycles. The Hall–Kier alpha value is -2.33. The lowest BCUT2D eigenvalue weighted by atomic mass is 10.1. The number of hydrogen-bond donors (Lipinski definition) is 4. The van der Waals surface area contributed by atoms with Crippen molar-refractivity contribution in [3.8, 4) is 11.4 Å². The van der Waals surface area contributed by atoms with Crippen LogP contribution in [0.3, 0.4) is 0 Å². The summed E-state index contributed by atoms with van der Waals surface area (Å²) in [5.74, 6) is -0.0661. The van der Waals surface area contributed by atoms with Crippen LogP contribution in [0.15, 0.2) is 24.7 Å². The fraction of sp³-hybridized carbons (Fsp3) is 0.353. The summed E-state index contributed by atoms with van der Waals surface area (Å²) in [6.07, 6.45) is 5.05. The summed E-state index contributed by atoms with van der Waals surface area (Å²) in [6, 6.07) is 1.69. The van der Waals surface area contributed by atoms with Gasteiger partial charge in [0.2, 0.25) is 0 Å². The zero-order valence-corrected chi connectivity index (χ0v) is 15.1. The molecule has 3 aromatic heterocycles. The summed E-state index contributed by atoms with van der Waals surface area (Å²) in [5.41, 5.74) is 6.88. The van der Waals surface area contributed by atoms with Crippen molar-refractivity contribution in [1.82, 2.24) is 24.8 Å². The lowest BCUT2D eigenvalue weighted by Crippen LogP contribution is -2.50. The number of piperidine rings is 1. The van der Waals surface area contributed by atoms with Gasteiger partial charge in [-0.2, -0.15) is 0 Å². The molecule has 5 N–H and O–H groups in total. The quantitative estimate of drug-likeness (QED) is 0.502. The maximum atomic E-state index is 14.3. The van der Waals surface area contributed by atoms with E-state index < -0.39 is 12.2 Å². The molecule has 0 amide bonds. The van der Waals surface area contributed by atoms with E-state index in [0.29, 0.717) is 35.1 Å². The number of nitrogens with zero attached hydrogens (tertiary/aromatic N) is 4. The largest absolute Gasteiger partial charge is 0.365 e. The van der Waals surface area contributed by atoms with E-state index in [2.05, 4.69) is 25.3 Å². The molecule has 1 unspecified atom stereocenters. The summed E-state index contributed by atoms with van der Waals surface area (Å²) >= 11 is 6.03. The Morgan fingerprint density at radius 1 is 1.41 bits per heavy atom. The van der Waals surface area contributed by atoms with Crippen LogP contribution in [0, 0.1) is 5.82 Å². The third-order valence-electron chi connectivity index (χ3n) is 4.65. The lowest BCUT2D eigenvalue weighted by Gasteiger charge is -2.34. The van der Waals surface area contributed by atoms with E-state index in [9.17, 15) is 9.50 Å². The predicted molar refractivity (Wildman–Crippen MR) is 100 cm³/mol. The molecule has 1 aliphatic rings. The number of aromatic amines is 1. The van der Waals surface area contributed by atoms with Crippen LogP contribution < -0.4 is 11.1 Å². The monoisotopic (exact) mass is 391 g/mol. The fourth-order valence-corrected chi connectivity index (χ4v) is 3.48. The summed E-state index contributed by atoms with van der Waals surface area (Å²) in [7, 11) is 0. The number of rotatable bonds is 4. The van der Waals surface area contributed by atoms with E-state index in [1.165, 1.54) is 0 Å². The van der Waals surface area contributed by atoms with Crippen LogP contribution in [0.25, 0.3) is 22.4 Å². The van der Waals surface area contributed by atoms with Crippen molar-refractivity contribution in [3.05, 3.63) is 35.5 Å². The Morgan fingerprint density at radius 3 is 3.07 bits per heavy atom. The zero-order chi connectivity index (χ0) is 19.0. The fourth-order valence-electron chi connectivity index (χ4n) is 3.32.